The number of hydrogen-bond acceptors (Lipinski definition) is 4. The largest absolute Gasteiger partial charge is 0.233 e. The molecular formula is C21H18N2S2. The van der Waals surface area contributed by atoms with Crippen LogP contribution in [0.15, 0.2) is 53.9 Å². The average Bonchev–Trinajstić information content (AvgIpc) is 3.23. The molecule has 2 aromatic carbocycles. The molecule has 0 atom stereocenters. The first kappa shape index (κ1) is 16.2. The lowest BCUT2D eigenvalue weighted by molar-refractivity contribution is 1.33. The van der Waals surface area contributed by atoms with Gasteiger partial charge in [-0.05, 0) is 20.8 Å². The Hall–Kier alpha value is -2.30. The number of aromatic nitrogens is 2. The van der Waals surface area contributed by atoms with Crippen LogP contribution < -0.4 is 0 Å². The zero-order valence-electron chi connectivity index (χ0n) is 14.4. The second kappa shape index (κ2) is 6.54. The molecule has 0 amide bonds. The first-order valence-electron chi connectivity index (χ1n) is 8.17. The fraction of sp³-hybridized carbons (Fsp3) is 0.143. The van der Waals surface area contributed by atoms with Crippen molar-refractivity contribution in [3.05, 3.63) is 69.9 Å². The molecule has 0 N–H and O–H groups in total. The molecule has 0 radical (unpaired) electrons. The Morgan fingerprint density at radius 2 is 1.28 bits per heavy atom. The summed E-state index contributed by atoms with van der Waals surface area (Å²) in [7, 11) is 0. The predicted molar refractivity (Wildman–Crippen MR) is 108 cm³/mol. The van der Waals surface area contributed by atoms with Crippen LogP contribution in [0.4, 0.5) is 0 Å². The van der Waals surface area contributed by atoms with Gasteiger partial charge >= 0.3 is 0 Å². The summed E-state index contributed by atoms with van der Waals surface area (Å²) in [6, 6.07) is 17.0. The van der Waals surface area contributed by atoms with Gasteiger partial charge in [0.05, 0.1) is 11.4 Å². The van der Waals surface area contributed by atoms with Gasteiger partial charge in [-0.2, -0.15) is 0 Å². The molecule has 2 heterocycles. The highest BCUT2D eigenvalue weighted by Crippen LogP contribution is 2.36. The van der Waals surface area contributed by atoms with E-state index in [2.05, 4.69) is 74.7 Å². The van der Waals surface area contributed by atoms with Crippen LogP contribution in [-0.4, -0.2) is 9.97 Å². The van der Waals surface area contributed by atoms with Crippen molar-refractivity contribution in [2.45, 2.75) is 20.8 Å². The molecule has 0 aliphatic heterocycles. The first-order chi connectivity index (χ1) is 12.1. The Balaban J connectivity index is 1.68. The molecule has 4 aromatic rings. The Morgan fingerprint density at radius 3 is 1.92 bits per heavy atom. The van der Waals surface area contributed by atoms with Gasteiger partial charge in [0.25, 0.3) is 0 Å². The van der Waals surface area contributed by atoms with Crippen molar-refractivity contribution in [2.75, 3.05) is 0 Å². The van der Waals surface area contributed by atoms with Crippen LogP contribution in [-0.2, 0) is 0 Å². The molecule has 4 rings (SSSR count). The van der Waals surface area contributed by atoms with Gasteiger partial charge in [-0.15, -0.1) is 22.7 Å². The molecule has 124 valence electrons. The number of benzene rings is 2. The van der Waals surface area contributed by atoms with E-state index in [0.717, 1.165) is 27.0 Å². The normalized spacial score (nSPS) is 11.0. The third-order valence-electron chi connectivity index (χ3n) is 4.16. The van der Waals surface area contributed by atoms with Crippen molar-refractivity contribution in [3.63, 3.8) is 0 Å². The van der Waals surface area contributed by atoms with Crippen molar-refractivity contribution in [2.24, 2.45) is 0 Å². The van der Waals surface area contributed by atoms with Crippen molar-refractivity contribution in [1.82, 2.24) is 9.97 Å². The molecule has 0 saturated carbocycles. The molecule has 4 heteroatoms. The maximum Gasteiger partial charge on any atom is 0.153 e. The fourth-order valence-corrected chi connectivity index (χ4v) is 4.50. The van der Waals surface area contributed by atoms with Gasteiger partial charge in [-0.3, -0.25) is 0 Å². The van der Waals surface area contributed by atoms with E-state index in [9.17, 15) is 0 Å². The predicted octanol–water partition coefficient (Wildman–Crippen LogP) is 6.53. The summed E-state index contributed by atoms with van der Waals surface area (Å²) >= 11 is 3.37. The second-order valence-corrected chi connectivity index (χ2v) is 8.26. The molecule has 0 bridgehead atoms. The van der Waals surface area contributed by atoms with Gasteiger partial charge in [-0.1, -0.05) is 59.7 Å². The van der Waals surface area contributed by atoms with Crippen LogP contribution in [0.5, 0.6) is 0 Å². The standard InChI is InChI=1S/C21H18N2S2/c1-13-4-8-16(9-5-13)18-12-24-20(22-18)21-23-19(15(3)25-21)17-10-6-14(2)7-11-17/h4-12H,1-3H3. The van der Waals surface area contributed by atoms with Crippen LogP contribution in [0.3, 0.4) is 0 Å². The van der Waals surface area contributed by atoms with E-state index < -0.39 is 0 Å². The molecule has 0 aliphatic carbocycles. The third kappa shape index (κ3) is 3.28. The number of thiazole rings is 2. The van der Waals surface area contributed by atoms with Crippen LogP contribution in [0, 0.1) is 20.8 Å². The quantitative estimate of drug-likeness (QED) is 0.414. The molecule has 0 spiro atoms. The lowest BCUT2D eigenvalue weighted by Gasteiger charge is -1.99. The van der Waals surface area contributed by atoms with Gasteiger partial charge < -0.3 is 0 Å². The molecular weight excluding hydrogens is 344 g/mol. The van der Waals surface area contributed by atoms with Gasteiger partial charge in [-0.25, -0.2) is 9.97 Å². The van der Waals surface area contributed by atoms with E-state index in [1.165, 1.54) is 21.6 Å². The monoisotopic (exact) mass is 362 g/mol. The Morgan fingerprint density at radius 1 is 0.680 bits per heavy atom. The van der Waals surface area contributed by atoms with Crippen LogP contribution >= 0.6 is 22.7 Å². The molecule has 0 saturated heterocycles. The van der Waals surface area contributed by atoms with Crippen LogP contribution in [0.2, 0.25) is 0 Å². The molecule has 2 nitrogen and oxygen atoms in total. The second-order valence-electron chi connectivity index (χ2n) is 6.19. The maximum atomic E-state index is 4.87. The van der Waals surface area contributed by atoms with Gasteiger partial charge in [0.15, 0.2) is 10.0 Å². The first-order valence-corrected chi connectivity index (χ1v) is 9.87. The third-order valence-corrected chi connectivity index (χ3v) is 6.11. The molecule has 0 aliphatic rings. The number of nitrogens with zero attached hydrogens (tertiary/aromatic N) is 2. The minimum Gasteiger partial charge on any atom is -0.233 e. The summed E-state index contributed by atoms with van der Waals surface area (Å²) in [5, 5.41) is 4.10. The summed E-state index contributed by atoms with van der Waals surface area (Å²) in [6.07, 6.45) is 0. The summed E-state index contributed by atoms with van der Waals surface area (Å²) in [4.78, 5) is 10.9. The zero-order chi connectivity index (χ0) is 17.4. The highest BCUT2D eigenvalue weighted by Gasteiger charge is 2.14. The number of hydrogen-bond donors (Lipinski definition) is 0. The molecule has 2 aromatic heterocycles. The number of aryl methyl sites for hydroxylation is 3. The topological polar surface area (TPSA) is 25.8 Å². The van der Waals surface area contributed by atoms with E-state index in [1.54, 1.807) is 22.7 Å². The molecule has 0 fully saturated rings. The van der Waals surface area contributed by atoms with Gasteiger partial charge in [0.2, 0.25) is 0 Å². The van der Waals surface area contributed by atoms with Gasteiger partial charge in [0, 0.05) is 21.4 Å². The van der Waals surface area contributed by atoms with Gasteiger partial charge in [0.1, 0.15) is 0 Å². The Bertz CT molecular complexity index is 1010. The van der Waals surface area contributed by atoms with Crippen LogP contribution in [0.25, 0.3) is 32.5 Å². The van der Waals surface area contributed by atoms with Crippen molar-refractivity contribution < 1.29 is 0 Å². The highest BCUT2D eigenvalue weighted by atomic mass is 32.1. The number of rotatable bonds is 3. The fourth-order valence-electron chi connectivity index (χ4n) is 2.70. The van der Waals surface area contributed by atoms with E-state index >= 15 is 0 Å². The lowest BCUT2D eigenvalue weighted by Crippen LogP contribution is -1.82. The van der Waals surface area contributed by atoms with Crippen molar-refractivity contribution in [1.29, 1.82) is 0 Å². The Kier molecular flexibility index (Phi) is 4.24. The van der Waals surface area contributed by atoms with E-state index in [1.807, 2.05) is 0 Å². The lowest BCUT2D eigenvalue weighted by atomic mass is 10.1. The highest BCUT2D eigenvalue weighted by molar-refractivity contribution is 7.21. The van der Waals surface area contributed by atoms with E-state index in [0.29, 0.717) is 0 Å². The SMILES string of the molecule is Cc1ccc(-c2csc(-c3nc(-c4ccc(C)cc4)c(C)s3)n2)cc1. The minimum atomic E-state index is 0.988. The summed E-state index contributed by atoms with van der Waals surface area (Å²) in [5.41, 5.74) is 6.93. The molecule has 0 unspecified atom stereocenters. The smallest absolute Gasteiger partial charge is 0.153 e. The average molecular weight is 363 g/mol. The summed E-state index contributed by atoms with van der Waals surface area (Å²) in [5.74, 6) is 0. The van der Waals surface area contributed by atoms with E-state index in [4.69, 9.17) is 9.97 Å². The van der Waals surface area contributed by atoms with Crippen LogP contribution in [0.1, 0.15) is 16.0 Å². The maximum absolute atomic E-state index is 4.87. The summed E-state index contributed by atoms with van der Waals surface area (Å²) < 4.78 is 0. The van der Waals surface area contributed by atoms with Crippen molar-refractivity contribution >= 4 is 22.7 Å². The Labute approximate surface area is 155 Å². The van der Waals surface area contributed by atoms with E-state index in [-0.39, 0.29) is 0 Å². The minimum absolute atomic E-state index is 0.988. The van der Waals surface area contributed by atoms with Crippen molar-refractivity contribution in [3.8, 4) is 32.5 Å². The zero-order valence-corrected chi connectivity index (χ0v) is 16.0. The summed E-state index contributed by atoms with van der Waals surface area (Å²) in [6.45, 7) is 6.33. The molecule has 25 heavy (non-hydrogen) atoms.